The van der Waals surface area contributed by atoms with Crippen LogP contribution in [0.25, 0.3) is 0 Å². The van der Waals surface area contributed by atoms with Crippen LogP contribution in [-0.2, 0) is 19.0 Å². The third-order valence-electron chi connectivity index (χ3n) is 5.60. The van der Waals surface area contributed by atoms with E-state index in [2.05, 4.69) is 20.8 Å². The van der Waals surface area contributed by atoms with Crippen molar-refractivity contribution in [3.63, 3.8) is 0 Å². The van der Waals surface area contributed by atoms with Gasteiger partial charge in [-0.1, -0.05) is 13.8 Å². The Labute approximate surface area is 114 Å². The Kier molecular flexibility index (Phi) is 2.48. The van der Waals surface area contributed by atoms with E-state index in [1.807, 2.05) is 6.92 Å². The minimum Gasteiger partial charge on any atom is -0.459 e. The van der Waals surface area contributed by atoms with Crippen LogP contribution in [0.2, 0.25) is 0 Å². The summed E-state index contributed by atoms with van der Waals surface area (Å²) < 4.78 is 18.2. The molecule has 1 aliphatic carbocycles. The normalized spacial score (nSPS) is 50.9. The number of fused-ring (bicyclic) bond motifs is 1. The molecule has 0 radical (unpaired) electrons. The number of rotatable bonds is 1. The summed E-state index contributed by atoms with van der Waals surface area (Å²) in [6, 6.07) is 0. The first-order valence-corrected chi connectivity index (χ1v) is 7.22. The van der Waals surface area contributed by atoms with Crippen molar-refractivity contribution in [2.24, 2.45) is 5.41 Å². The largest absolute Gasteiger partial charge is 0.459 e. The molecule has 0 N–H and O–H groups in total. The van der Waals surface area contributed by atoms with Crippen LogP contribution in [0.4, 0.5) is 0 Å². The number of carbonyl (C=O) groups excluding carboxylic acids is 1. The van der Waals surface area contributed by atoms with Crippen molar-refractivity contribution in [1.29, 1.82) is 0 Å². The van der Waals surface area contributed by atoms with Crippen LogP contribution in [0, 0.1) is 5.41 Å². The molecule has 3 rings (SSSR count). The molecule has 4 nitrogen and oxygen atoms in total. The van der Waals surface area contributed by atoms with Crippen LogP contribution in [-0.4, -0.2) is 29.1 Å². The van der Waals surface area contributed by atoms with Crippen molar-refractivity contribution in [2.75, 3.05) is 0 Å². The quantitative estimate of drug-likeness (QED) is 0.686. The zero-order valence-corrected chi connectivity index (χ0v) is 12.5. The Morgan fingerprint density at radius 1 is 1.11 bits per heavy atom. The van der Waals surface area contributed by atoms with Crippen LogP contribution >= 0.6 is 0 Å². The number of carbonyl (C=O) groups is 1. The minimum absolute atomic E-state index is 0.0344. The number of esters is 1. The molecule has 108 valence electrons. The zero-order valence-electron chi connectivity index (χ0n) is 12.5. The molecule has 2 heterocycles. The maximum absolute atomic E-state index is 11.4. The molecule has 0 aromatic heterocycles. The molecular formula is C15H24O4. The van der Waals surface area contributed by atoms with E-state index in [0.29, 0.717) is 0 Å². The molecule has 2 aliphatic heterocycles. The average molecular weight is 268 g/mol. The molecule has 0 unspecified atom stereocenters. The van der Waals surface area contributed by atoms with Crippen molar-refractivity contribution in [2.45, 2.75) is 83.4 Å². The van der Waals surface area contributed by atoms with Crippen molar-refractivity contribution in [1.82, 2.24) is 0 Å². The molecular weight excluding hydrogens is 244 g/mol. The van der Waals surface area contributed by atoms with E-state index in [0.717, 1.165) is 25.7 Å². The molecule has 19 heavy (non-hydrogen) atoms. The molecule has 2 bridgehead atoms. The lowest BCUT2D eigenvalue weighted by atomic mass is 9.56. The third kappa shape index (κ3) is 1.50. The Hall–Kier alpha value is -0.610. The monoisotopic (exact) mass is 268 g/mol. The molecule has 3 aliphatic rings. The number of hydrogen-bond donors (Lipinski definition) is 0. The highest BCUT2D eigenvalue weighted by Gasteiger charge is 2.76. The van der Waals surface area contributed by atoms with Crippen molar-refractivity contribution in [3.05, 3.63) is 0 Å². The standard InChI is InChI=1S/C15H24O4/c1-10(16)17-11-6-7-12(2,3)15-9-8-13(4,19-15)18-14(11,15)5/h11H,6-9H2,1-5H3/t11-,13+,14+,15-/m1/s1. The first-order valence-electron chi connectivity index (χ1n) is 7.22. The van der Waals surface area contributed by atoms with Crippen LogP contribution in [0.15, 0.2) is 0 Å². The summed E-state index contributed by atoms with van der Waals surface area (Å²) in [5, 5.41) is 0. The predicted octanol–water partition coefficient (Wildman–Crippen LogP) is 2.79. The average Bonchev–Trinajstić information content (AvgIpc) is 2.72. The topological polar surface area (TPSA) is 44.8 Å². The van der Waals surface area contributed by atoms with E-state index in [1.165, 1.54) is 6.92 Å². The number of ether oxygens (including phenoxy) is 3. The lowest BCUT2D eigenvalue weighted by Gasteiger charge is -2.56. The second-order valence-corrected chi connectivity index (χ2v) is 7.29. The molecule has 0 aromatic carbocycles. The van der Waals surface area contributed by atoms with Gasteiger partial charge in [-0.2, -0.15) is 0 Å². The van der Waals surface area contributed by atoms with Crippen LogP contribution in [0.1, 0.15) is 60.3 Å². The summed E-state index contributed by atoms with van der Waals surface area (Å²) >= 11 is 0. The third-order valence-corrected chi connectivity index (χ3v) is 5.60. The van der Waals surface area contributed by atoms with Crippen molar-refractivity contribution < 1.29 is 19.0 Å². The molecule has 4 atom stereocenters. The van der Waals surface area contributed by atoms with Crippen LogP contribution < -0.4 is 0 Å². The zero-order chi connectivity index (χ0) is 14.1. The van der Waals surface area contributed by atoms with Gasteiger partial charge < -0.3 is 14.2 Å². The number of hydrogen-bond acceptors (Lipinski definition) is 4. The molecule has 1 spiro atoms. The van der Waals surface area contributed by atoms with E-state index >= 15 is 0 Å². The van der Waals surface area contributed by atoms with E-state index < -0.39 is 11.4 Å². The molecule has 0 amide bonds. The Morgan fingerprint density at radius 2 is 1.79 bits per heavy atom. The molecule has 0 aromatic rings. The Morgan fingerprint density at radius 3 is 2.37 bits per heavy atom. The smallest absolute Gasteiger partial charge is 0.303 e. The summed E-state index contributed by atoms with van der Waals surface area (Å²) in [5.41, 5.74) is -0.840. The van der Waals surface area contributed by atoms with Gasteiger partial charge in [0.15, 0.2) is 5.79 Å². The Bertz CT molecular complexity index is 432. The van der Waals surface area contributed by atoms with Gasteiger partial charge in [0.05, 0.1) is 0 Å². The summed E-state index contributed by atoms with van der Waals surface area (Å²) in [6.07, 6.45) is 3.51. The van der Waals surface area contributed by atoms with Gasteiger partial charge in [-0.15, -0.1) is 0 Å². The molecule has 2 saturated heterocycles. The molecule has 1 saturated carbocycles. The fourth-order valence-electron chi connectivity index (χ4n) is 4.64. The lowest BCUT2D eigenvalue weighted by molar-refractivity contribution is -0.225. The highest BCUT2D eigenvalue weighted by Crippen LogP contribution is 2.66. The summed E-state index contributed by atoms with van der Waals surface area (Å²) in [7, 11) is 0. The van der Waals surface area contributed by atoms with E-state index in [1.54, 1.807) is 0 Å². The Balaban J connectivity index is 2.04. The molecule has 4 heteroatoms. The van der Waals surface area contributed by atoms with Crippen LogP contribution in [0.3, 0.4) is 0 Å². The van der Waals surface area contributed by atoms with E-state index in [9.17, 15) is 4.79 Å². The summed E-state index contributed by atoms with van der Waals surface area (Å²) in [4.78, 5) is 11.4. The minimum atomic E-state index is -0.534. The van der Waals surface area contributed by atoms with Gasteiger partial charge >= 0.3 is 5.97 Å². The maximum atomic E-state index is 11.4. The van der Waals surface area contributed by atoms with Crippen molar-refractivity contribution >= 4 is 5.97 Å². The fourth-order valence-corrected chi connectivity index (χ4v) is 4.64. The van der Waals surface area contributed by atoms with Gasteiger partial charge in [0.25, 0.3) is 0 Å². The van der Waals surface area contributed by atoms with Gasteiger partial charge in [-0.05, 0) is 38.5 Å². The highest BCUT2D eigenvalue weighted by atomic mass is 16.8. The second kappa shape index (κ2) is 3.53. The van der Waals surface area contributed by atoms with E-state index in [-0.39, 0.29) is 23.1 Å². The highest BCUT2D eigenvalue weighted by molar-refractivity contribution is 5.66. The predicted molar refractivity (Wildman–Crippen MR) is 69.5 cm³/mol. The van der Waals surface area contributed by atoms with Gasteiger partial charge in [-0.3, -0.25) is 4.79 Å². The first kappa shape index (κ1) is 13.4. The lowest BCUT2D eigenvalue weighted by Crippen LogP contribution is -2.68. The van der Waals surface area contributed by atoms with E-state index in [4.69, 9.17) is 14.2 Å². The summed E-state index contributed by atoms with van der Waals surface area (Å²) in [5.74, 6) is -0.757. The van der Waals surface area contributed by atoms with Crippen LogP contribution in [0.5, 0.6) is 0 Å². The fraction of sp³-hybridized carbons (Fsp3) is 0.933. The molecule has 3 fully saturated rings. The summed E-state index contributed by atoms with van der Waals surface area (Å²) in [6.45, 7) is 10.0. The first-order chi connectivity index (χ1) is 8.64. The SMILES string of the molecule is CC(=O)O[C@@H]1CCC(C)(C)[C@]23CC[C@@](C)(O[C@@]12C)O3. The van der Waals surface area contributed by atoms with Gasteiger partial charge in [0.1, 0.15) is 17.3 Å². The second-order valence-electron chi connectivity index (χ2n) is 7.29. The van der Waals surface area contributed by atoms with Gasteiger partial charge in [0, 0.05) is 13.3 Å². The van der Waals surface area contributed by atoms with Gasteiger partial charge in [0.2, 0.25) is 0 Å². The maximum Gasteiger partial charge on any atom is 0.303 e. The van der Waals surface area contributed by atoms with Crippen molar-refractivity contribution in [3.8, 4) is 0 Å². The van der Waals surface area contributed by atoms with Gasteiger partial charge in [-0.25, -0.2) is 0 Å².